The number of carbonyl (C=O) groups is 1. The first kappa shape index (κ1) is 13.6. The highest BCUT2D eigenvalue weighted by Crippen LogP contribution is 2.16. The molecule has 1 atom stereocenters. The molecule has 19 heavy (non-hydrogen) atoms. The van der Waals surface area contributed by atoms with E-state index in [0.29, 0.717) is 16.1 Å². The summed E-state index contributed by atoms with van der Waals surface area (Å²) in [6.45, 7) is 3.82. The molecule has 0 bridgehead atoms. The lowest BCUT2D eigenvalue weighted by Gasteiger charge is -2.11. The highest BCUT2D eigenvalue weighted by Gasteiger charge is 2.09. The van der Waals surface area contributed by atoms with Gasteiger partial charge in [0.15, 0.2) is 6.61 Å². The molecular weight excluding hydrogens is 268 g/mol. The number of nitrogens with zero attached hydrogens (tertiary/aromatic N) is 3. The van der Waals surface area contributed by atoms with Gasteiger partial charge in [0.25, 0.3) is 5.91 Å². The maximum Gasteiger partial charge on any atom is 0.260 e. The largest absolute Gasteiger partial charge is 0.385 e. The Hall–Kier alpha value is -1.82. The van der Waals surface area contributed by atoms with Gasteiger partial charge in [-0.25, -0.2) is 0 Å². The molecule has 0 unspecified atom stereocenters. The summed E-state index contributed by atoms with van der Waals surface area (Å²) in [7, 11) is 0. The van der Waals surface area contributed by atoms with Crippen molar-refractivity contribution in [3.05, 3.63) is 23.2 Å². The third kappa shape index (κ3) is 3.35. The molecule has 1 heterocycles. The second-order valence-electron chi connectivity index (χ2n) is 4.25. The van der Waals surface area contributed by atoms with Gasteiger partial charge in [-0.2, -0.15) is 0 Å². The Balaban J connectivity index is 2.02. The minimum Gasteiger partial charge on any atom is -0.385 e. The molecule has 6 nitrogen and oxygen atoms in total. The van der Waals surface area contributed by atoms with Crippen LogP contribution in [0.2, 0.25) is 5.02 Å². The van der Waals surface area contributed by atoms with Crippen LogP contribution in [0.3, 0.4) is 0 Å². The van der Waals surface area contributed by atoms with Gasteiger partial charge in [-0.15, -0.1) is 5.10 Å². The number of carbonyl (C=O) groups excluding carboxylic acids is 1. The second kappa shape index (κ2) is 5.88. The summed E-state index contributed by atoms with van der Waals surface area (Å²) in [6, 6.07) is 5.27. The fraction of sp³-hybridized carbons (Fsp3) is 0.417. The van der Waals surface area contributed by atoms with Crippen molar-refractivity contribution in [3.63, 3.8) is 0 Å². The van der Waals surface area contributed by atoms with Crippen LogP contribution in [0.15, 0.2) is 18.2 Å². The predicted molar refractivity (Wildman–Crippen MR) is 71.9 cm³/mol. The molecule has 102 valence electrons. The first-order valence-electron chi connectivity index (χ1n) is 6.03. The van der Waals surface area contributed by atoms with Crippen LogP contribution in [0.4, 0.5) is 0 Å². The van der Waals surface area contributed by atoms with Gasteiger partial charge in [0.1, 0.15) is 11.0 Å². The zero-order valence-electron chi connectivity index (χ0n) is 10.8. The molecule has 0 aliphatic rings. The van der Waals surface area contributed by atoms with Crippen molar-refractivity contribution in [2.75, 3.05) is 6.61 Å². The predicted octanol–water partition coefficient (Wildman–Crippen LogP) is 1.43. The quantitative estimate of drug-likeness (QED) is 0.901. The van der Waals surface area contributed by atoms with Crippen molar-refractivity contribution < 1.29 is 9.63 Å². The smallest absolute Gasteiger partial charge is 0.260 e. The Morgan fingerprint density at radius 2 is 2.37 bits per heavy atom. The van der Waals surface area contributed by atoms with Gasteiger partial charge in [0.2, 0.25) is 0 Å². The monoisotopic (exact) mass is 282 g/mol. The minimum absolute atomic E-state index is 0.116. The molecule has 0 aliphatic heterocycles. The van der Waals surface area contributed by atoms with E-state index in [1.165, 1.54) is 4.85 Å². The number of fused-ring (bicyclic) bond motifs is 1. The van der Waals surface area contributed by atoms with E-state index in [0.717, 1.165) is 6.42 Å². The van der Waals surface area contributed by atoms with Crippen molar-refractivity contribution in [1.82, 2.24) is 20.5 Å². The van der Waals surface area contributed by atoms with Gasteiger partial charge < -0.3 is 10.2 Å². The number of halogens is 1. The Kier molecular flexibility index (Phi) is 4.21. The molecule has 0 spiro atoms. The lowest BCUT2D eigenvalue weighted by molar-refractivity contribution is -0.126. The molecule has 2 aromatic rings. The maximum absolute atomic E-state index is 11.6. The fourth-order valence-electron chi connectivity index (χ4n) is 1.51. The van der Waals surface area contributed by atoms with Crippen LogP contribution in [0.5, 0.6) is 0 Å². The van der Waals surface area contributed by atoms with Crippen LogP contribution in [-0.4, -0.2) is 33.7 Å². The van der Waals surface area contributed by atoms with Gasteiger partial charge in [0, 0.05) is 11.1 Å². The van der Waals surface area contributed by atoms with Crippen molar-refractivity contribution in [1.29, 1.82) is 0 Å². The van der Waals surface area contributed by atoms with E-state index in [9.17, 15) is 4.79 Å². The molecule has 1 aromatic heterocycles. The van der Waals surface area contributed by atoms with E-state index in [1.54, 1.807) is 18.2 Å². The first-order chi connectivity index (χ1) is 9.10. The Morgan fingerprint density at radius 1 is 1.58 bits per heavy atom. The molecule has 0 saturated carbocycles. The zero-order chi connectivity index (χ0) is 13.8. The lowest BCUT2D eigenvalue weighted by atomic mass is 10.2. The molecule has 0 radical (unpaired) electrons. The highest BCUT2D eigenvalue weighted by molar-refractivity contribution is 6.31. The van der Waals surface area contributed by atoms with Crippen molar-refractivity contribution in [3.8, 4) is 0 Å². The minimum atomic E-state index is -0.194. The van der Waals surface area contributed by atoms with Crippen LogP contribution in [0.1, 0.15) is 20.3 Å². The molecule has 0 saturated heterocycles. The van der Waals surface area contributed by atoms with Crippen LogP contribution >= 0.6 is 11.6 Å². The normalized spacial score (nSPS) is 12.4. The van der Waals surface area contributed by atoms with E-state index >= 15 is 0 Å². The van der Waals surface area contributed by atoms with Gasteiger partial charge in [-0.1, -0.05) is 23.4 Å². The standard InChI is InChI=1S/C12H15ClN4O2/c1-3-8(2)14-12(18)7-19-17-11-6-9(13)4-5-10(11)15-16-17/h4-6,8H,3,7H2,1-2H3,(H,14,18)/t8-/m1/s1. The average molecular weight is 283 g/mol. The Labute approximate surface area is 115 Å². The summed E-state index contributed by atoms with van der Waals surface area (Å²) < 4.78 is 0. The molecule has 1 amide bonds. The number of nitrogens with one attached hydrogen (secondary N) is 1. The van der Waals surface area contributed by atoms with E-state index in [2.05, 4.69) is 15.6 Å². The van der Waals surface area contributed by atoms with E-state index in [4.69, 9.17) is 16.4 Å². The van der Waals surface area contributed by atoms with Gasteiger partial charge in [0.05, 0.1) is 0 Å². The van der Waals surface area contributed by atoms with E-state index < -0.39 is 0 Å². The molecule has 0 aliphatic carbocycles. The van der Waals surface area contributed by atoms with Gasteiger partial charge >= 0.3 is 0 Å². The van der Waals surface area contributed by atoms with Crippen LogP contribution < -0.4 is 10.2 Å². The molecule has 0 fully saturated rings. The lowest BCUT2D eigenvalue weighted by Crippen LogP contribution is -2.37. The second-order valence-corrected chi connectivity index (χ2v) is 4.68. The molecule has 1 N–H and O–H groups in total. The van der Waals surface area contributed by atoms with E-state index in [-0.39, 0.29) is 18.6 Å². The third-order valence-corrected chi connectivity index (χ3v) is 2.95. The van der Waals surface area contributed by atoms with Gasteiger partial charge in [-0.3, -0.25) is 4.79 Å². The summed E-state index contributed by atoms with van der Waals surface area (Å²) >= 11 is 5.89. The van der Waals surface area contributed by atoms with Crippen LogP contribution in [0.25, 0.3) is 11.0 Å². The van der Waals surface area contributed by atoms with Crippen molar-refractivity contribution >= 4 is 28.5 Å². The van der Waals surface area contributed by atoms with Crippen molar-refractivity contribution in [2.24, 2.45) is 0 Å². The third-order valence-electron chi connectivity index (χ3n) is 2.71. The molecule has 1 aromatic carbocycles. The molecule has 7 heteroatoms. The summed E-state index contributed by atoms with van der Waals surface area (Å²) in [5, 5.41) is 11.1. The number of aromatic nitrogens is 3. The van der Waals surface area contributed by atoms with Gasteiger partial charge in [-0.05, 0) is 36.8 Å². The average Bonchev–Trinajstić information content (AvgIpc) is 2.78. The number of hydrogen-bond acceptors (Lipinski definition) is 4. The Bertz CT molecular complexity index is 584. The zero-order valence-corrected chi connectivity index (χ0v) is 11.5. The Morgan fingerprint density at radius 3 is 3.11 bits per heavy atom. The molecule has 2 rings (SSSR count). The first-order valence-corrected chi connectivity index (χ1v) is 6.41. The number of hydrogen-bond donors (Lipinski definition) is 1. The summed E-state index contributed by atoms with van der Waals surface area (Å²) in [5.41, 5.74) is 1.29. The SMILES string of the molecule is CC[C@@H](C)NC(=O)COn1nnc2ccc(Cl)cc21. The number of rotatable bonds is 5. The van der Waals surface area contributed by atoms with Crippen LogP contribution in [0, 0.1) is 0 Å². The summed E-state index contributed by atoms with van der Waals surface area (Å²) in [6.07, 6.45) is 0.869. The number of benzene rings is 1. The topological polar surface area (TPSA) is 69.0 Å². The molecular formula is C12H15ClN4O2. The van der Waals surface area contributed by atoms with Crippen molar-refractivity contribution in [2.45, 2.75) is 26.3 Å². The highest BCUT2D eigenvalue weighted by atomic mass is 35.5. The van der Waals surface area contributed by atoms with Crippen LogP contribution in [-0.2, 0) is 4.79 Å². The maximum atomic E-state index is 11.6. The fourth-order valence-corrected chi connectivity index (χ4v) is 1.67. The summed E-state index contributed by atoms with van der Waals surface area (Å²) in [4.78, 5) is 18.1. The van der Waals surface area contributed by atoms with E-state index in [1.807, 2.05) is 13.8 Å². The summed E-state index contributed by atoms with van der Waals surface area (Å²) in [5.74, 6) is -0.194. The number of amides is 1.